The quantitative estimate of drug-likeness (QED) is 0.408. The van der Waals surface area contributed by atoms with E-state index in [1.54, 1.807) is 6.08 Å². The summed E-state index contributed by atoms with van der Waals surface area (Å²) in [7, 11) is 2.16. The lowest BCUT2D eigenvalue weighted by Crippen LogP contribution is -2.20. The van der Waals surface area contributed by atoms with Crippen LogP contribution in [-0.4, -0.2) is 46.7 Å². The van der Waals surface area contributed by atoms with Crippen molar-refractivity contribution in [2.24, 2.45) is 0 Å². The van der Waals surface area contributed by atoms with E-state index in [0.29, 0.717) is 5.71 Å². The van der Waals surface area contributed by atoms with Crippen LogP contribution in [0.5, 0.6) is 0 Å². The van der Waals surface area contributed by atoms with E-state index in [9.17, 15) is 0 Å². The number of hydrogen-bond donors (Lipinski definition) is 3. The maximum atomic E-state index is 8.63. The Morgan fingerprint density at radius 2 is 1.82 bits per heavy atom. The van der Waals surface area contributed by atoms with Gasteiger partial charge in [-0.25, -0.2) is 0 Å². The highest BCUT2D eigenvalue weighted by Crippen LogP contribution is 2.25. The van der Waals surface area contributed by atoms with Crippen molar-refractivity contribution >= 4 is 23.1 Å². The van der Waals surface area contributed by atoms with Crippen LogP contribution in [-0.2, 0) is 19.3 Å². The molecule has 3 aromatic rings. The fourth-order valence-electron chi connectivity index (χ4n) is 4.55. The number of benzene rings is 2. The molecule has 5 rings (SSSR count). The molecular weight excluding hydrogens is 412 g/mol. The van der Waals surface area contributed by atoms with E-state index in [2.05, 4.69) is 45.7 Å². The summed E-state index contributed by atoms with van der Waals surface area (Å²) in [5, 5.41) is 28.4. The second-order valence-corrected chi connectivity index (χ2v) is 8.79. The number of rotatable bonds is 4. The number of likely N-dealkylation sites (N-methyl/N-ethyl adjacent to an activating group) is 1. The van der Waals surface area contributed by atoms with Gasteiger partial charge in [-0.2, -0.15) is 0 Å². The largest absolute Gasteiger partial charge is 0.401 e. The number of hydrogen-bond acceptors (Lipinski definition) is 7. The molecule has 7 heteroatoms. The van der Waals surface area contributed by atoms with Crippen LogP contribution in [0.15, 0.2) is 58.5 Å². The Balaban J connectivity index is 1.31. The van der Waals surface area contributed by atoms with Gasteiger partial charge in [-0.05, 0) is 79.6 Å². The number of fused-ring (bicyclic) bond motifs is 2. The molecule has 33 heavy (non-hydrogen) atoms. The first-order valence-corrected chi connectivity index (χ1v) is 11.4. The molecule has 2 aliphatic rings. The zero-order chi connectivity index (χ0) is 22.8. The Hall–Kier alpha value is -3.58. The normalized spacial score (nSPS) is 17.7. The first kappa shape index (κ1) is 21.3. The zero-order valence-electron chi connectivity index (χ0n) is 18.8. The molecule has 2 heterocycles. The molecule has 0 saturated carbocycles. The van der Waals surface area contributed by atoms with Crippen molar-refractivity contribution in [3.05, 3.63) is 82.3 Å². The molecule has 0 spiro atoms. The first-order chi connectivity index (χ1) is 16.1. The van der Waals surface area contributed by atoms with Crippen molar-refractivity contribution in [3.8, 4) is 0 Å². The summed E-state index contributed by atoms with van der Waals surface area (Å²) in [5.41, 5.74) is 7.19. The van der Waals surface area contributed by atoms with E-state index < -0.39 is 0 Å². The summed E-state index contributed by atoms with van der Waals surface area (Å²) >= 11 is 0. The standard InChI is InChI=1S/C26H28N6O/c1-32-13-11-17-9-10-21(15-19(17)12-14-32)29-26-31-30-25(33-26)23(27)16-20-7-4-6-18-5-2-3-8-22(18)24(20)28/h2-3,5,8-10,15-16,27-28H,4,6-7,11-14H2,1H3,(H,29,31)/b20-16-,27-23?,28-24?. The van der Waals surface area contributed by atoms with Crippen molar-refractivity contribution in [2.75, 3.05) is 25.5 Å². The fourth-order valence-corrected chi connectivity index (χ4v) is 4.55. The van der Waals surface area contributed by atoms with Gasteiger partial charge in [-0.15, -0.1) is 5.10 Å². The minimum Gasteiger partial charge on any atom is -0.401 e. The van der Waals surface area contributed by atoms with Crippen LogP contribution in [0.3, 0.4) is 0 Å². The molecule has 0 radical (unpaired) electrons. The zero-order valence-corrected chi connectivity index (χ0v) is 18.8. The summed E-state index contributed by atoms with van der Waals surface area (Å²) in [4.78, 5) is 2.35. The molecule has 0 saturated heterocycles. The minimum atomic E-state index is 0.125. The average Bonchev–Trinajstić information content (AvgIpc) is 3.14. The smallest absolute Gasteiger partial charge is 0.320 e. The van der Waals surface area contributed by atoms with E-state index in [1.807, 2.05) is 24.3 Å². The molecule has 3 N–H and O–H groups in total. The van der Waals surface area contributed by atoms with Crippen molar-refractivity contribution < 1.29 is 4.42 Å². The van der Waals surface area contributed by atoms with E-state index in [0.717, 1.165) is 62.0 Å². The Morgan fingerprint density at radius 3 is 2.70 bits per heavy atom. The number of anilines is 2. The molecule has 0 amide bonds. The van der Waals surface area contributed by atoms with Crippen molar-refractivity contribution in [1.82, 2.24) is 15.1 Å². The highest BCUT2D eigenvalue weighted by atomic mass is 16.4. The van der Waals surface area contributed by atoms with Gasteiger partial charge >= 0.3 is 6.01 Å². The van der Waals surface area contributed by atoms with Gasteiger partial charge < -0.3 is 14.6 Å². The van der Waals surface area contributed by atoms with Crippen LogP contribution < -0.4 is 5.32 Å². The molecule has 1 aliphatic carbocycles. The Morgan fingerprint density at radius 1 is 1.00 bits per heavy atom. The van der Waals surface area contributed by atoms with E-state index >= 15 is 0 Å². The predicted molar refractivity (Wildman–Crippen MR) is 130 cm³/mol. The van der Waals surface area contributed by atoms with Crippen LogP contribution in [0, 0.1) is 10.8 Å². The second-order valence-electron chi connectivity index (χ2n) is 8.79. The van der Waals surface area contributed by atoms with Crippen molar-refractivity contribution in [3.63, 3.8) is 0 Å². The van der Waals surface area contributed by atoms with Crippen molar-refractivity contribution in [2.45, 2.75) is 32.1 Å². The van der Waals surface area contributed by atoms with Crippen LogP contribution in [0.1, 0.15) is 41.0 Å². The topological polar surface area (TPSA) is 102 Å². The molecule has 1 aromatic heterocycles. The molecular formula is C26H28N6O. The van der Waals surface area contributed by atoms with Gasteiger partial charge in [-0.3, -0.25) is 10.8 Å². The molecule has 0 unspecified atom stereocenters. The van der Waals surface area contributed by atoms with Gasteiger partial charge in [0.25, 0.3) is 5.89 Å². The molecule has 2 aromatic carbocycles. The predicted octanol–water partition coefficient (Wildman–Crippen LogP) is 4.54. The number of nitrogens with one attached hydrogen (secondary N) is 3. The van der Waals surface area contributed by atoms with Gasteiger partial charge in [-0.1, -0.05) is 35.4 Å². The van der Waals surface area contributed by atoms with Gasteiger partial charge in [0.05, 0.1) is 5.71 Å². The number of allylic oxidation sites excluding steroid dienone is 2. The molecule has 7 nitrogen and oxygen atoms in total. The number of aryl methyl sites for hydroxylation is 1. The first-order valence-electron chi connectivity index (χ1n) is 11.4. The summed E-state index contributed by atoms with van der Waals surface area (Å²) in [6.45, 7) is 2.12. The van der Waals surface area contributed by atoms with Crippen LogP contribution in [0.2, 0.25) is 0 Å². The van der Waals surface area contributed by atoms with Crippen LogP contribution >= 0.6 is 0 Å². The third kappa shape index (κ3) is 4.64. The molecule has 1 aliphatic heterocycles. The maximum absolute atomic E-state index is 8.63. The second kappa shape index (κ2) is 9.11. The highest BCUT2D eigenvalue weighted by molar-refractivity contribution is 6.16. The van der Waals surface area contributed by atoms with Gasteiger partial charge in [0, 0.05) is 24.3 Å². The third-order valence-electron chi connectivity index (χ3n) is 6.46. The summed E-state index contributed by atoms with van der Waals surface area (Å²) < 4.78 is 5.73. The Kier molecular flexibility index (Phi) is 5.88. The van der Waals surface area contributed by atoms with Gasteiger partial charge in [0.15, 0.2) is 0 Å². The lowest BCUT2D eigenvalue weighted by Gasteiger charge is -2.10. The summed E-state index contributed by atoms with van der Waals surface area (Å²) in [5.74, 6) is 0.145. The summed E-state index contributed by atoms with van der Waals surface area (Å²) in [6, 6.07) is 14.6. The minimum absolute atomic E-state index is 0.125. The fraction of sp³-hybridized carbons (Fsp3) is 0.308. The van der Waals surface area contributed by atoms with Crippen LogP contribution in [0.25, 0.3) is 0 Å². The lowest BCUT2D eigenvalue weighted by molar-refractivity contribution is 0.352. The molecule has 0 fully saturated rings. The molecule has 0 atom stereocenters. The average molecular weight is 441 g/mol. The van der Waals surface area contributed by atoms with E-state index in [-0.39, 0.29) is 17.6 Å². The maximum Gasteiger partial charge on any atom is 0.320 e. The molecule has 168 valence electrons. The van der Waals surface area contributed by atoms with Gasteiger partial charge in [0.1, 0.15) is 5.71 Å². The molecule has 0 bridgehead atoms. The Labute approximate surface area is 193 Å². The SMILES string of the molecule is CN1CCc2ccc(Nc3nnc(C(=N)/C=C4/CCCc5ccccc5C4=N)o3)cc2CC1. The highest BCUT2D eigenvalue weighted by Gasteiger charge is 2.19. The summed E-state index contributed by atoms with van der Waals surface area (Å²) in [6.07, 6.45) is 6.41. The lowest BCUT2D eigenvalue weighted by atomic mass is 9.98. The Bertz CT molecular complexity index is 1240. The monoisotopic (exact) mass is 440 g/mol. The van der Waals surface area contributed by atoms with E-state index in [4.69, 9.17) is 15.2 Å². The number of nitrogens with zero attached hydrogens (tertiary/aromatic N) is 3. The number of aromatic nitrogens is 2. The van der Waals surface area contributed by atoms with E-state index in [1.165, 1.54) is 16.7 Å². The van der Waals surface area contributed by atoms with Gasteiger partial charge in [0.2, 0.25) is 0 Å². The van der Waals surface area contributed by atoms with Crippen LogP contribution in [0.4, 0.5) is 11.7 Å². The van der Waals surface area contributed by atoms with Crippen molar-refractivity contribution in [1.29, 1.82) is 10.8 Å². The third-order valence-corrected chi connectivity index (χ3v) is 6.46.